The van der Waals surface area contributed by atoms with Crippen molar-refractivity contribution in [3.63, 3.8) is 0 Å². The molecule has 1 saturated carbocycles. The van der Waals surface area contributed by atoms with Gasteiger partial charge in [0, 0.05) is 37.6 Å². The summed E-state index contributed by atoms with van der Waals surface area (Å²) in [5.74, 6) is -0.570. The minimum absolute atomic E-state index is 0.0892. The van der Waals surface area contributed by atoms with Crippen molar-refractivity contribution in [2.24, 2.45) is 5.92 Å². The van der Waals surface area contributed by atoms with Crippen LogP contribution in [0.1, 0.15) is 56.1 Å². The lowest BCUT2D eigenvalue weighted by atomic mass is 9.73. The van der Waals surface area contributed by atoms with E-state index >= 15 is 0 Å². The second kappa shape index (κ2) is 10.1. The Kier molecular flexibility index (Phi) is 7.21. The molecule has 6 nitrogen and oxygen atoms in total. The molecule has 1 saturated heterocycles. The maximum Gasteiger partial charge on any atom is 0.343 e. The average molecular weight is 439 g/mol. The summed E-state index contributed by atoms with van der Waals surface area (Å²) in [6.45, 7) is 2.38. The molecule has 1 N–H and O–H groups in total. The second-order valence-electron chi connectivity index (χ2n) is 9.79. The highest BCUT2D eigenvalue weighted by molar-refractivity contribution is 5.81. The Morgan fingerprint density at radius 1 is 1.09 bits per heavy atom. The fraction of sp³-hybridized carbons (Fsp3) is 0.577. The fourth-order valence-electron chi connectivity index (χ4n) is 5.60. The molecule has 1 aromatic carbocycles. The summed E-state index contributed by atoms with van der Waals surface area (Å²) in [5, 5.41) is 11.7. The van der Waals surface area contributed by atoms with E-state index in [1.807, 2.05) is 42.7 Å². The van der Waals surface area contributed by atoms with E-state index in [1.54, 1.807) is 6.33 Å². The topological polar surface area (TPSA) is 72.3 Å². The second-order valence-corrected chi connectivity index (χ2v) is 9.79. The number of likely N-dealkylation sites (tertiary alicyclic amines) is 1. The number of esters is 1. The molecule has 2 fully saturated rings. The van der Waals surface area contributed by atoms with Crippen LogP contribution in [0.4, 0.5) is 0 Å². The smallest absolute Gasteiger partial charge is 0.343 e. The van der Waals surface area contributed by atoms with Gasteiger partial charge in [0.1, 0.15) is 19.0 Å². The van der Waals surface area contributed by atoms with Gasteiger partial charge in [-0.1, -0.05) is 49.6 Å². The monoisotopic (exact) mass is 438 g/mol. The Morgan fingerprint density at radius 2 is 1.81 bits per heavy atom. The molecule has 2 heterocycles. The molecule has 4 rings (SSSR count). The number of aliphatic hydroxyl groups is 1. The van der Waals surface area contributed by atoms with Crippen molar-refractivity contribution < 1.29 is 19.1 Å². The van der Waals surface area contributed by atoms with E-state index in [-0.39, 0.29) is 12.0 Å². The number of carbonyl (C=O) groups excluding carboxylic acids is 1. The molecule has 2 aliphatic rings. The van der Waals surface area contributed by atoms with Gasteiger partial charge in [-0.15, -0.1) is 0 Å². The highest BCUT2D eigenvalue weighted by Crippen LogP contribution is 2.40. The molecular weight excluding hydrogens is 402 g/mol. The SMILES string of the molecule is C[N+]1(CCc2cncnc2)CCCC1COC(=O)C(O)(c1ccccc1)C1CCCCC1. The number of benzene rings is 1. The van der Waals surface area contributed by atoms with Crippen molar-refractivity contribution in [3.8, 4) is 0 Å². The molecule has 0 radical (unpaired) electrons. The number of quaternary nitrogens is 1. The van der Waals surface area contributed by atoms with Crippen LogP contribution in [-0.4, -0.2) is 58.3 Å². The summed E-state index contributed by atoms with van der Waals surface area (Å²) in [5.41, 5.74) is 0.223. The first-order chi connectivity index (χ1) is 15.5. The van der Waals surface area contributed by atoms with Crippen molar-refractivity contribution >= 4 is 5.97 Å². The third-order valence-electron chi connectivity index (χ3n) is 7.74. The van der Waals surface area contributed by atoms with Gasteiger partial charge in [-0.05, 0) is 24.0 Å². The highest BCUT2D eigenvalue weighted by atomic mass is 16.6. The Hall–Kier alpha value is -2.31. The lowest BCUT2D eigenvalue weighted by Gasteiger charge is -2.39. The Bertz CT molecular complexity index is 872. The lowest BCUT2D eigenvalue weighted by Crippen LogP contribution is -2.52. The van der Waals surface area contributed by atoms with Crippen molar-refractivity contribution in [3.05, 3.63) is 60.2 Å². The molecule has 32 heavy (non-hydrogen) atoms. The Balaban J connectivity index is 1.44. The number of likely N-dealkylation sites (N-methyl/N-ethyl adjacent to an activating group) is 1. The van der Waals surface area contributed by atoms with Crippen LogP contribution in [-0.2, 0) is 21.6 Å². The summed E-state index contributed by atoms with van der Waals surface area (Å²) < 4.78 is 6.79. The maximum atomic E-state index is 13.4. The predicted octanol–water partition coefficient (Wildman–Crippen LogP) is 3.64. The minimum Gasteiger partial charge on any atom is -0.457 e. The van der Waals surface area contributed by atoms with Crippen LogP contribution < -0.4 is 0 Å². The molecule has 0 bridgehead atoms. The first-order valence-corrected chi connectivity index (χ1v) is 12.1. The Morgan fingerprint density at radius 3 is 2.53 bits per heavy atom. The van der Waals surface area contributed by atoms with E-state index in [0.29, 0.717) is 12.2 Å². The molecule has 172 valence electrons. The summed E-state index contributed by atoms with van der Waals surface area (Å²) in [6, 6.07) is 9.63. The van der Waals surface area contributed by atoms with Gasteiger partial charge in [0.05, 0.1) is 20.1 Å². The average Bonchev–Trinajstić information content (AvgIpc) is 3.23. The summed E-state index contributed by atoms with van der Waals surface area (Å²) in [7, 11) is 2.25. The quantitative estimate of drug-likeness (QED) is 0.503. The van der Waals surface area contributed by atoms with E-state index < -0.39 is 11.6 Å². The van der Waals surface area contributed by atoms with Gasteiger partial charge >= 0.3 is 5.97 Å². The molecule has 2 aromatic rings. The van der Waals surface area contributed by atoms with E-state index in [9.17, 15) is 9.90 Å². The number of hydrogen-bond donors (Lipinski definition) is 1. The van der Waals surface area contributed by atoms with E-state index in [4.69, 9.17) is 4.74 Å². The predicted molar refractivity (Wildman–Crippen MR) is 123 cm³/mol. The number of hydrogen-bond acceptors (Lipinski definition) is 5. The van der Waals surface area contributed by atoms with Gasteiger partial charge in [0.2, 0.25) is 0 Å². The van der Waals surface area contributed by atoms with Gasteiger partial charge in [-0.3, -0.25) is 0 Å². The first-order valence-electron chi connectivity index (χ1n) is 12.1. The van der Waals surface area contributed by atoms with Crippen molar-refractivity contribution in [2.75, 3.05) is 26.7 Å². The molecule has 1 aliphatic carbocycles. The van der Waals surface area contributed by atoms with E-state index in [2.05, 4.69) is 17.0 Å². The molecule has 3 atom stereocenters. The van der Waals surface area contributed by atoms with Crippen molar-refractivity contribution in [1.29, 1.82) is 0 Å². The van der Waals surface area contributed by atoms with Crippen LogP contribution in [0, 0.1) is 5.92 Å². The molecule has 3 unspecified atom stereocenters. The maximum absolute atomic E-state index is 13.4. The third kappa shape index (κ3) is 4.86. The van der Waals surface area contributed by atoms with Crippen LogP contribution in [0.25, 0.3) is 0 Å². The zero-order chi connectivity index (χ0) is 22.4. The first kappa shape index (κ1) is 22.9. The number of rotatable bonds is 8. The van der Waals surface area contributed by atoms with Crippen molar-refractivity contribution in [1.82, 2.24) is 9.97 Å². The van der Waals surface area contributed by atoms with Crippen LogP contribution in [0.15, 0.2) is 49.1 Å². The molecule has 6 heteroatoms. The minimum atomic E-state index is -1.56. The molecular formula is C26H36N3O3+. The normalized spacial score (nSPS) is 25.9. The summed E-state index contributed by atoms with van der Waals surface area (Å²) in [4.78, 5) is 21.6. The Labute approximate surface area is 191 Å². The van der Waals surface area contributed by atoms with Gasteiger partial charge in [-0.2, -0.15) is 0 Å². The van der Waals surface area contributed by atoms with Gasteiger partial charge in [-0.25, -0.2) is 14.8 Å². The van der Waals surface area contributed by atoms with Crippen LogP contribution in [0.5, 0.6) is 0 Å². The molecule has 0 spiro atoms. The van der Waals surface area contributed by atoms with E-state index in [1.165, 1.54) is 6.42 Å². The highest BCUT2D eigenvalue weighted by Gasteiger charge is 2.48. The lowest BCUT2D eigenvalue weighted by molar-refractivity contribution is -0.921. The molecule has 0 amide bonds. The van der Waals surface area contributed by atoms with Gasteiger partial charge < -0.3 is 14.3 Å². The van der Waals surface area contributed by atoms with Gasteiger partial charge in [0.25, 0.3) is 0 Å². The molecule has 1 aliphatic heterocycles. The fourth-order valence-corrected chi connectivity index (χ4v) is 5.60. The van der Waals surface area contributed by atoms with E-state index in [0.717, 1.165) is 68.1 Å². The summed E-state index contributed by atoms with van der Waals surface area (Å²) >= 11 is 0. The zero-order valence-electron chi connectivity index (χ0n) is 19.2. The van der Waals surface area contributed by atoms with Crippen molar-refractivity contribution in [2.45, 2.75) is 63.0 Å². The number of ether oxygens (including phenoxy) is 1. The number of carbonyl (C=O) groups is 1. The largest absolute Gasteiger partial charge is 0.457 e. The number of nitrogens with zero attached hydrogens (tertiary/aromatic N) is 3. The standard InChI is InChI=1S/C26H36N3O3/c1-29(16-14-21-17-27-20-28-18-21)15-8-13-24(29)19-32-25(30)26(31,22-9-4-2-5-10-22)23-11-6-3-7-12-23/h2,4-5,9-10,17-18,20,23-24,31H,3,6-8,11-16,19H2,1H3/q+1. The van der Waals surface area contributed by atoms with Crippen LogP contribution >= 0.6 is 0 Å². The zero-order valence-corrected chi connectivity index (χ0v) is 19.2. The number of aromatic nitrogens is 2. The molecule has 1 aromatic heterocycles. The third-order valence-corrected chi connectivity index (χ3v) is 7.74. The summed E-state index contributed by atoms with van der Waals surface area (Å²) in [6.07, 6.45) is 13.3. The van der Waals surface area contributed by atoms with Crippen LogP contribution in [0.3, 0.4) is 0 Å². The van der Waals surface area contributed by atoms with Gasteiger partial charge in [0.15, 0.2) is 5.60 Å². The van der Waals surface area contributed by atoms with Crippen LogP contribution in [0.2, 0.25) is 0 Å².